The minimum Gasteiger partial charge on any atom is -0.492 e. The molecule has 7 heteroatoms. The summed E-state index contributed by atoms with van der Waals surface area (Å²) in [5.74, 6) is 0.579. The summed E-state index contributed by atoms with van der Waals surface area (Å²) < 4.78 is 5.73. The highest BCUT2D eigenvalue weighted by atomic mass is 32.2. The first-order valence-electron chi connectivity index (χ1n) is 8.15. The Morgan fingerprint density at radius 3 is 2.72 bits per heavy atom. The van der Waals surface area contributed by atoms with E-state index in [0.717, 1.165) is 29.6 Å². The molecule has 1 saturated heterocycles. The molecule has 132 valence electrons. The summed E-state index contributed by atoms with van der Waals surface area (Å²) in [6.07, 6.45) is 8.87. The lowest BCUT2D eigenvalue weighted by Gasteiger charge is -2.27. The molecule has 2 N–H and O–H groups in total. The molecule has 2 atom stereocenters. The molecular formula is C18H21N3O3S. The summed E-state index contributed by atoms with van der Waals surface area (Å²) in [7, 11) is 2.02. The van der Waals surface area contributed by atoms with Crippen LogP contribution in [0.15, 0.2) is 48.7 Å². The van der Waals surface area contributed by atoms with Crippen molar-refractivity contribution >= 4 is 22.9 Å². The molecule has 2 heterocycles. The van der Waals surface area contributed by atoms with Gasteiger partial charge < -0.3 is 9.64 Å². The number of thioether (sulfide) groups is 1. The number of nitrogens with one attached hydrogen (secondary N) is 2. The van der Waals surface area contributed by atoms with Crippen LogP contribution < -0.4 is 15.4 Å². The van der Waals surface area contributed by atoms with E-state index in [2.05, 4.69) is 21.6 Å². The maximum absolute atomic E-state index is 11.6. The second-order valence-electron chi connectivity index (χ2n) is 5.87. The van der Waals surface area contributed by atoms with Crippen LogP contribution in [0.4, 0.5) is 4.79 Å². The van der Waals surface area contributed by atoms with Gasteiger partial charge in [-0.05, 0) is 36.3 Å². The van der Waals surface area contributed by atoms with Gasteiger partial charge in [-0.25, -0.2) is 0 Å². The maximum Gasteiger partial charge on any atom is 0.286 e. The number of ether oxygens (including phenoxy) is 1. The Balaban J connectivity index is 1.40. The normalized spacial score (nSPS) is 22.4. The number of hydrogen-bond donors (Lipinski definition) is 2. The van der Waals surface area contributed by atoms with Crippen molar-refractivity contribution in [1.82, 2.24) is 15.5 Å². The zero-order chi connectivity index (χ0) is 17.6. The number of amides is 2. The Hall–Kier alpha value is -2.25. The zero-order valence-corrected chi connectivity index (χ0v) is 14.8. The van der Waals surface area contributed by atoms with Gasteiger partial charge in [0, 0.05) is 19.8 Å². The van der Waals surface area contributed by atoms with Crippen molar-refractivity contribution in [2.24, 2.45) is 0 Å². The standard InChI is InChI=1S/C18H21N3O3S/c1-21-10-3-2-4-16(21)19-9-11-24-14-7-5-13(6-8-14)12-15-17(22)20-18(23)25-15/h2-8,10,15-16,19H,9,11-12H2,1H3,(H,20,22,23). The van der Waals surface area contributed by atoms with Gasteiger partial charge in [0.05, 0.1) is 11.4 Å². The topological polar surface area (TPSA) is 70.7 Å². The highest BCUT2D eigenvalue weighted by molar-refractivity contribution is 8.15. The SMILES string of the molecule is CN1C=CC=CC1NCCOc1ccc(CC2SC(=O)NC2=O)cc1. The highest BCUT2D eigenvalue weighted by Gasteiger charge is 2.31. The molecule has 1 aromatic carbocycles. The van der Waals surface area contributed by atoms with E-state index in [1.165, 1.54) is 0 Å². The predicted octanol–water partition coefficient (Wildman–Crippen LogP) is 1.89. The third-order valence-electron chi connectivity index (χ3n) is 4.00. The average Bonchev–Trinajstić information content (AvgIpc) is 2.92. The molecule has 2 aliphatic rings. The molecule has 0 aromatic heterocycles. The van der Waals surface area contributed by atoms with Crippen molar-refractivity contribution in [3.8, 4) is 5.75 Å². The van der Waals surface area contributed by atoms with Crippen molar-refractivity contribution in [1.29, 1.82) is 0 Å². The monoisotopic (exact) mass is 359 g/mol. The molecule has 2 amide bonds. The molecule has 3 rings (SSSR count). The van der Waals surface area contributed by atoms with Gasteiger partial charge in [-0.1, -0.05) is 30.0 Å². The molecule has 0 spiro atoms. The molecule has 25 heavy (non-hydrogen) atoms. The largest absolute Gasteiger partial charge is 0.492 e. The Morgan fingerprint density at radius 2 is 2.04 bits per heavy atom. The van der Waals surface area contributed by atoms with Crippen LogP contribution in [0.5, 0.6) is 5.75 Å². The van der Waals surface area contributed by atoms with Crippen molar-refractivity contribution in [2.75, 3.05) is 20.2 Å². The van der Waals surface area contributed by atoms with E-state index < -0.39 is 0 Å². The first-order valence-corrected chi connectivity index (χ1v) is 9.03. The van der Waals surface area contributed by atoms with E-state index in [9.17, 15) is 9.59 Å². The third kappa shape index (κ3) is 4.87. The summed E-state index contributed by atoms with van der Waals surface area (Å²) in [5, 5.41) is 5.10. The van der Waals surface area contributed by atoms with Crippen LogP contribution in [0.3, 0.4) is 0 Å². The molecule has 6 nitrogen and oxygen atoms in total. The number of benzene rings is 1. The average molecular weight is 359 g/mol. The third-order valence-corrected chi connectivity index (χ3v) is 4.98. The molecule has 2 unspecified atom stereocenters. The Labute approximate surface area is 151 Å². The van der Waals surface area contributed by atoms with Gasteiger partial charge in [-0.3, -0.25) is 20.2 Å². The first-order chi connectivity index (χ1) is 12.1. The van der Waals surface area contributed by atoms with Crippen molar-refractivity contribution in [3.63, 3.8) is 0 Å². The number of allylic oxidation sites excluding steroid dienone is 2. The summed E-state index contributed by atoms with van der Waals surface area (Å²) in [6, 6.07) is 7.65. The lowest BCUT2D eigenvalue weighted by atomic mass is 10.1. The molecule has 1 aromatic rings. The van der Waals surface area contributed by atoms with E-state index in [1.54, 1.807) is 0 Å². The Morgan fingerprint density at radius 1 is 1.24 bits per heavy atom. The highest BCUT2D eigenvalue weighted by Crippen LogP contribution is 2.23. The van der Waals surface area contributed by atoms with Gasteiger partial charge in [-0.15, -0.1) is 0 Å². The van der Waals surface area contributed by atoms with Crippen LogP contribution in [0.25, 0.3) is 0 Å². The van der Waals surface area contributed by atoms with Gasteiger partial charge in [-0.2, -0.15) is 0 Å². The van der Waals surface area contributed by atoms with Crippen LogP contribution in [0.2, 0.25) is 0 Å². The number of likely N-dealkylation sites (N-methyl/N-ethyl adjacent to an activating group) is 1. The second kappa shape index (κ2) is 8.22. The number of carbonyl (C=O) groups is 2. The van der Waals surface area contributed by atoms with Gasteiger partial charge >= 0.3 is 0 Å². The first kappa shape index (κ1) is 17.6. The van der Waals surface area contributed by atoms with Gasteiger partial charge in [0.25, 0.3) is 5.24 Å². The van der Waals surface area contributed by atoms with Crippen molar-refractivity contribution in [3.05, 3.63) is 54.3 Å². The van der Waals surface area contributed by atoms with Crippen molar-refractivity contribution < 1.29 is 14.3 Å². The van der Waals surface area contributed by atoms with Crippen LogP contribution in [0.1, 0.15) is 5.56 Å². The summed E-state index contributed by atoms with van der Waals surface area (Å²) in [4.78, 5) is 24.9. The fourth-order valence-electron chi connectivity index (χ4n) is 2.63. The van der Waals surface area contributed by atoms with Crippen molar-refractivity contribution in [2.45, 2.75) is 17.8 Å². The summed E-state index contributed by atoms with van der Waals surface area (Å²) in [6.45, 7) is 1.30. The number of nitrogens with zero attached hydrogens (tertiary/aromatic N) is 1. The van der Waals surface area contributed by atoms with Crippen LogP contribution >= 0.6 is 11.8 Å². The molecular weight excluding hydrogens is 338 g/mol. The van der Waals surface area contributed by atoms with E-state index in [4.69, 9.17) is 4.74 Å². The Bertz CT molecular complexity index is 687. The molecule has 0 radical (unpaired) electrons. The van der Waals surface area contributed by atoms with Crippen LogP contribution in [-0.4, -0.2) is 47.7 Å². The van der Waals surface area contributed by atoms with Gasteiger partial charge in [0.2, 0.25) is 5.91 Å². The summed E-state index contributed by atoms with van der Waals surface area (Å²) >= 11 is 1.05. The molecule has 0 bridgehead atoms. The van der Waals surface area contributed by atoms with Crippen LogP contribution in [-0.2, 0) is 11.2 Å². The minimum absolute atomic E-state index is 0.189. The predicted molar refractivity (Wildman–Crippen MR) is 98.4 cm³/mol. The molecule has 1 fully saturated rings. The molecule has 0 saturated carbocycles. The maximum atomic E-state index is 11.6. The lowest BCUT2D eigenvalue weighted by Crippen LogP contribution is -2.41. The van der Waals surface area contributed by atoms with Gasteiger partial charge in [0.1, 0.15) is 12.4 Å². The second-order valence-corrected chi connectivity index (χ2v) is 7.05. The lowest BCUT2D eigenvalue weighted by molar-refractivity contribution is -0.118. The fourth-order valence-corrected chi connectivity index (χ4v) is 3.49. The summed E-state index contributed by atoms with van der Waals surface area (Å²) in [5.41, 5.74) is 1.01. The number of imide groups is 1. The minimum atomic E-state index is -0.335. The van der Waals surface area contributed by atoms with Crippen LogP contribution in [0, 0.1) is 0 Å². The van der Waals surface area contributed by atoms with E-state index >= 15 is 0 Å². The van der Waals surface area contributed by atoms with E-state index in [-0.39, 0.29) is 22.6 Å². The smallest absolute Gasteiger partial charge is 0.286 e. The fraction of sp³-hybridized carbons (Fsp3) is 0.333. The van der Waals surface area contributed by atoms with Gasteiger partial charge in [0.15, 0.2) is 0 Å². The Kier molecular flexibility index (Phi) is 5.78. The number of hydrogen-bond acceptors (Lipinski definition) is 6. The molecule has 2 aliphatic heterocycles. The number of carbonyl (C=O) groups excluding carboxylic acids is 2. The van der Waals surface area contributed by atoms with E-state index in [1.807, 2.05) is 49.7 Å². The van der Waals surface area contributed by atoms with E-state index in [0.29, 0.717) is 13.0 Å². The quantitative estimate of drug-likeness (QED) is 0.725. The zero-order valence-electron chi connectivity index (χ0n) is 14.0. The number of rotatable bonds is 7. The molecule has 0 aliphatic carbocycles.